The van der Waals surface area contributed by atoms with E-state index in [0.29, 0.717) is 17.0 Å². The minimum Gasteiger partial charge on any atom is -0.354 e. The molecule has 4 nitrogen and oxygen atoms in total. The third-order valence-electron chi connectivity index (χ3n) is 5.02. The summed E-state index contributed by atoms with van der Waals surface area (Å²) in [7, 11) is 0. The second-order valence-corrected chi connectivity index (χ2v) is 6.57. The zero-order valence-corrected chi connectivity index (χ0v) is 14.2. The van der Waals surface area contributed by atoms with Crippen LogP contribution in [0.1, 0.15) is 19.8 Å². The quantitative estimate of drug-likeness (QED) is 0.730. The van der Waals surface area contributed by atoms with Crippen LogP contribution in [0.15, 0.2) is 53.3 Å². The Hall–Kier alpha value is -2.69. The van der Waals surface area contributed by atoms with Crippen molar-refractivity contribution < 1.29 is 4.39 Å². The highest BCUT2D eigenvalue weighted by atomic mass is 19.1. The van der Waals surface area contributed by atoms with Crippen molar-refractivity contribution in [3.05, 3.63) is 64.7 Å². The number of anilines is 1. The van der Waals surface area contributed by atoms with Crippen molar-refractivity contribution in [1.29, 1.82) is 0 Å². The van der Waals surface area contributed by atoms with Crippen LogP contribution in [-0.2, 0) is 0 Å². The smallest absolute Gasteiger partial charge is 0.279 e. The molecule has 0 saturated carbocycles. The zero-order chi connectivity index (χ0) is 17.4. The van der Waals surface area contributed by atoms with Crippen LogP contribution in [0.4, 0.5) is 10.2 Å². The van der Waals surface area contributed by atoms with Crippen LogP contribution >= 0.6 is 0 Å². The summed E-state index contributed by atoms with van der Waals surface area (Å²) in [6, 6.07) is 13.4. The van der Waals surface area contributed by atoms with Crippen LogP contribution in [0.2, 0.25) is 0 Å². The normalized spacial score (nSPS) is 17.4. The Bertz CT molecular complexity index is 965. The topological polar surface area (TPSA) is 38.1 Å². The molecule has 25 heavy (non-hydrogen) atoms. The first-order valence-corrected chi connectivity index (χ1v) is 8.70. The number of halogens is 1. The molecule has 0 amide bonds. The van der Waals surface area contributed by atoms with E-state index in [1.807, 2.05) is 24.3 Å². The van der Waals surface area contributed by atoms with E-state index in [2.05, 4.69) is 16.9 Å². The molecular weight excluding hydrogens is 317 g/mol. The van der Waals surface area contributed by atoms with Crippen LogP contribution in [0.3, 0.4) is 0 Å². The fourth-order valence-electron chi connectivity index (χ4n) is 3.52. The maximum absolute atomic E-state index is 13.2. The Morgan fingerprint density at radius 2 is 1.84 bits per heavy atom. The minimum atomic E-state index is -0.330. The Morgan fingerprint density at radius 1 is 1.12 bits per heavy atom. The minimum absolute atomic E-state index is 0.183. The molecular formula is C20H20FN3O. The molecule has 1 aliphatic rings. The van der Waals surface area contributed by atoms with Gasteiger partial charge >= 0.3 is 0 Å². The summed E-state index contributed by atoms with van der Waals surface area (Å²) in [6.45, 7) is 4.10. The maximum atomic E-state index is 13.2. The van der Waals surface area contributed by atoms with E-state index in [4.69, 9.17) is 0 Å². The number of fused-ring (bicyclic) bond motifs is 1. The van der Waals surface area contributed by atoms with Gasteiger partial charge in [-0.3, -0.25) is 4.79 Å². The van der Waals surface area contributed by atoms with Crippen LogP contribution in [0.25, 0.3) is 16.5 Å². The van der Waals surface area contributed by atoms with Gasteiger partial charge in [-0.05, 0) is 42.7 Å². The molecule has 1 aliphatic heterocycles. The van der Waals surface area contributed by atoms with Gasteiger partial charge in [0.15, 0.2) is 5.82 Å². The van der Waals surface area contributed by atoms with Gasteiger partial charge < -0.3 is 4.90 Å². The Kier molecular flexibility index (Phi) is 3.99. The lowest BCUT2D eigenvalue weighted by Crippen LogP contribution is -2.28. The van der Waals surface area contributed by atoms with E-state index < -0.39 is 0 Å². The maximum Gasteiger partial charge on any atom is 0.279 e. The van der Waals surface area contributed by atoms with E-state index in [1.165, 1.54) is 16.8 Å². The average molecular weight is 337 g/mol. The third-order valence-corrected chi connectivity index (χ3v) is 5.02. The number of aromatic nitrogens is 2. The number of hydrogen-bond acceptors (Lipinski definition) is 3. The molecule has 2 heterocycles. The third kappa shape index (κ3) is 2.80. The SMILES string of the molecule is CCC1CCN(c2nn(-c3ccc(F)cc3)c(=O)c3ccccc23)C1. The predicted octanol–water partition coefficient (Wildman–Crippen LogP) is 3.76. The van der Waals surface area contributed by atoms with E-state index in [-0.39, 0.29) is 11.4 Å². The summed E-state index contributed by atoms with van der Waals surface area (Å²) in [5, 5.41) is 6.17. The van der Waals surface area contributed by atoms with Gasteiger partial charge in [-0.15, -0.1) is 5.10 Å². The van der Waals surface area contributed by atoms with Crippen molar-refractivity contribution in [2.45, 2.75) is 19.8 Å². The molecule has 1 saturated heterocycles. The average Bonchev–Trinajstić information content (AvgIpc) is 3.12. The first kappa shape index (κ1) is 15.8. The Balaban J connectivity index is 1.91. The van der Waals surface area contributed by atoms with Gasteiger partial charge in [0.25, 0.3) is 5.56 Å². The van der Waals surface area contributed by atoms with Crippen molar-refractivity contribution in [1.82, 2.24) is 9.78 Å². The number of rotatable bonds is 3. The molecule has 0 spiro atoms. The highest BCUT2D eigenvalue weighted by molar-refractivity contribution is 5.91. The van der Waals surface area contributed by atoms with Crippen molar-refractivity contribution in [2.75, 3.05) is 18.0 Å². The van der Waals surface area contributed by atoms with Crippen LogP contribution in [-0.4, -0.2) is 22.9 Å². The van der Waals surface area contributed by atoms with Crippen LogP contribution < -0.4 is 10.5 Å². The van der Waals surface area contributed by atoms with Crippen molar-refractivity contribution >= 4 is 16.6 Å². The molecule has 1 fully saturated rings. The number of nitrogens with zero attached hydrogens (tertiary/aromatic N) is 3. The first-order chi connectivity index (χ1) is 12.2. The van der Waals surface area contributed by atoms with E-state index in [1.54, 1.807) is 12.1 Å². The van der Waals surface area contributed by atoms with Crippen molar-refractivity contribution in [2.24, 2.45) is 5.92 Å². The monoisotopic (exact) mass is 337 g/mol. The molecule has 1 aromatic heterocycles. The molecule has 1 unspecified atom stereocenters. The summed E-state index contributed by atoms with van der Waals surface area (Å²) in [5.74, 6) is 1.16. The van der Waals surface area contributed by atoms with Crippen molar-refractivity contribution in [3.63, 3.8) is 0 Å². The molecule has 0 radical (unpaired) electrons. The predicted molar refractivity (Wildman–Crippen MR) is 97.9 cm³/mol. The molecule has 3 aromatic rings. The molecule has 128 valence electrons. The Labute approximate surface area is 145 Å². The highest BCUT2D eigenvalue weighted by Crippen LogP contribution is 2.29. The second-order valence-electron chi connectivity index (χ2n) is 6.57. The van der Waals surface area contributed by atoms with E-state index >= 15 is 0 Å². The summed E-state index contributed by atoms with van der Waals surface area (Å²) < 4.78 is 14.6. The second kappa shape index (κ2) is 6.31. The molecule has 1 atom stereocenters. The fourth-order valence-corrected chi connectivity index (χ4v) is 3.52. The van der Waals surface area contributed by atoms with E-state index in [9.17, 15) is 9.18 Å². The van der Waals surface area contributed by atoms with Gasteiger partial charge in [-0.25, -0.2) is 4.39 Å². The first-order valence-electron chi connectivity index (χ1n) is 8.70. The van der Waals surface area contributed by atoms with Crippen molar-refractivity contribution in [3.8, 4) is 5.69 Å². The van der Waals surface area contributed by atoms with Crippen LogP contribution in [0, 0.1) is 11.7 Å². The highest BCUT2D eigenvalue weighted by Gasteiger charge is 2.25. The van der Waals surface area contributed by atoms with Gasteiger partial charge in [0.05, 0.1) is 11.1 Å². The fraction of sp³-hybridized carbons (Fsp3) is 0.300. The van der Waals surface area contributed by atoms with Gasteiger partial charge in [-0.1, -0.05) is 31.5 Å². The molecule has 4 rings (SSSR count). The van der Waals surface area contributed by atoms with Gasteiger partial charge in [0, 0.05) is 18.5 Å². The lowest BCUT2D eigenvalue weighted by atomic mass is 10.1. The van der Waals surface area contributed by atoms with Gasteiger partial charge in [-0.2, -0.15) is 4.68 Å². The Morgan fingerprint density at radius 3 is 2.52 bits per heavy atom. The number of benzene rings is 2. The van der Waals surface area contributed by atoms with Gasteiger partial charge in [0.1, 0.15) is 5.82 Å². The zero-order valence-electron chi connectivity index (χ0n) is 14.2. The van der Waals surface area contributed by atoms with Crippen LogP contribution in [0.5, 0.6) is 0 Å². The lowest BCUT2D eigenvalue weighted by Gasteiger charge is -2.20. The largest absolute Gasteiger partial charge is 0.354 e. The number of hydrogen-bond donors (Lipinski definition) is 0. The summed E-state index contributed by atoms with van der Waals surface area (Å²) >= 11 is 0. The summed E-state index contributed by atoms with van der Waals surface area (Å²) in [5.41, 5.74) is 0.391. The molecule has 0 aliphatic carbocycles. The molecule has 0 bridgehead atoms. The molecule has 0 N–H and O–H groups in total. The summed E-state index contributed by atoms with van der Waals surface area (Å²) in [4.78, 5) is 15.1. The van der Waals surface area contributed by atoms with Gasteiger partial charge in [0.2, 0.25) is 0 Å². The van der Waals surface area contributed by atoms with E-state index in [0.717, 1.165) is 37.1 Å². The molecule has 2 aromatic carbocycles. The lowest BCUT2D eigenvalue weighted by molar-refractivity contribution is 0.568. The standard InChI is InChI=1S/C20H20FN3O/c1-2-14-11-12-23(13-14)19-17-5-3-4-6-18(17)20(25)24(22-19)16-9-7-15(21)8-10-16/h3-10,14H,2,11-13H2,1H3. The summed E-state index contributed by atoms with van der Waals surface area (Å²) in [6.07, 6.45) is 2.29. The molecule has 5 heteroatoms.